The number of ketones is 1. The fourth-order valence-electron chi connectivity index (χ4n) is 1.64. The molecule has 0 bridgehead atoms. The molecular weight excluding hydrogens is 226 g/mol. The van der Waals surface area contributed by atoms with Crippen molar-refractivity contribution in [2.45, 2.75) is 32.8 Å². The molecule has 2 nitrogen and oxygen atoms in total. The number of hydrogen-bond acceptors (Lipinski definition) is 2. The summed E-state index contributed by atoms with van der Waals surface area (Å²) in [5.74, 6) is -1.87. The second-order valence-electron chi connectivity index (χ2n) is 3.76. The second kappa shape index (κ2) is 6.45. The topological polar surface area (TPSA) is 26.3 Å². The van der Waals surface area contributed by atoms with Crippen LogP contribution >= 0.6 is 0 Å². The SMILES string of the molecule is CCCC(OCC)C(=O)c1cc(F)cc(F)c1. The number of benzene rings is 1. The number of Topliss-reactive ketones (excluding diaryl/α,β-unsaturated/α-hetero) is 1. The van der Waals surface area contributed by atoms with Crippen molar-refractivity contribution < 1.29 is 18.3 Å². The number of carbonyl (C=O) groups excluding carboxylic acids is 1. The van der Waals surface area contributed by atoms with Gasteiger partial charge in [-0.05, 0) is 25.5 Å². The summed E-state index contributed by atoms with van der Waals surface area (Å²) in [4.78, 5) is 12.0. The zero-order valence-corrected chi connectivity index (χ0v) is 10.0. The highest BCUT2D eigenvalue weighted by atomic mass is 19.1. The molecule has 0 spiro atoms. The van der Waals surface area contributed by atoms with Gasteiger partial charge in [-0.15, -0.1) is 0 Å². The lowest BCUT2D eigenvalue weighted by Gasteiger charge is -2.15. The zero-order chi connectivity index (χ0) is 12.8. The quantitative estimate of drug-likeness (QED) is 0.715. The van der Waals surface area contributed by atoms with Crippen LogP contribution in [0.4, 0.5) is 8.78 Å². The minimum atomic E-state index is -0.750. The van der Waals surface area contributed by atoms with Crippen LogP contribution in [0.25, 0.3) is 0 Å². The summed E-state index contributed by atoms with van der Waals surface area (Å²) in [6.45, 7) is 4.10. The fourth-order valence-corrected chi connectivity index (χ4v) is 1.64. The van der Waals surface area contributed by atoms with Crippen molar-refractivity contribution in [2.75, 3.05) is 6.61 Å². The molecule has 0 fully saturated rings. The maximum absolute atomic E-state index is 13.0. The Morgan fingerprint density at radius 3 is 2.29 bits per heavy atom. The van der Waals surface area contributed by atoms with Gasteiger partial charge in [0.25, 0.3) is 0 Å². The molecule has 0 aliphatic heterocycles. The summed E-state index contributed by atoms with van der Waals surface area (Å²) in [5.41, 5.74) is 0.0226. The van der Waals surface area contributed by atoms with Crippen LogP contribution in [0.5, 0.6) is 0 Å². The van der Waals surface area contributed by atoms with Crippen LogP contribution in [-0.2, 0) is 4.74 Å². The monoisotopic (exact) mass is 242 g/mol. The highest BCUT2D eigenvalue weighted by molar-refractivity contribution is 5.99. The minimum absolute atomic E-state index is 0.0226. The van der Waals surface area contributed by atoms with Gasteiger partial charge < -0.3 is 4.74 Å². The number of ether oxygens (including phenoxy) is 1. The molecule has 0 radical (unpaired) electrons. The highest BCUT2D eigenvalue weighted by Crippen LogP contribution is 2.14. The van der Waals surface area contributed by atoms with Crippen LogP contribution in [0.3, 0.4) is 0 Å². The molecule has 0 saturated heterocycles. The van der Waals surface area contributed by atoms with Gasteiger partial charge in [0.05, 0.1) is 0 Å². The van der Waals surface area contributed by atoms with Gasteiger partial charge in [0.2, 0.25) is 0 Å². The van der Waals surface area contributed by atoms with E-state index in [4.69, 9.17) is 4.74 Å². The van der Waals surface area contributed by atoms with Gasteiger partial charge in [-0.2, -0.15) is 0 Å². The van der Waals surface area contributed by atoms with Crippen LogP contribution < -0.4 is 0 Å². The zero-order valence-electron chi connectivity index (χ0n) is 10.0. The molecule has 0 heterocycles. The molecular formula is C13H16F2O2. The van der Waals surface area contributed by atoms with Gasteiger partial charge in [0.15, 0.2) is 5.78 Å². The van der Waals surface area contributed by atoms with E-state index >= 15 is 0 Å². The van der Waals surface area contributed by atoms with E-state index in [1.165, 1.54) is 0 Å². The van der Waals surface area contributed by atoms with E-state index < -0.39 is 17.7 Å². The molecule has 17 heavy (non-hydrogen) atoms. The Bertz CT molecular complexity index is 365. The molecule has 1 unspecified atom stereocenters. The second-order valence-corrected chi connectivity index (χ2v) is 3.76. The Morgan fingerprint density at radius 2 is 1.82 bits per heavy atom. The smallest absolute Gasteiger partial charge is 0.191 e. The summed E-state index contributed by atoms with van der Waals surface area (Å²) in [5, 5.41) is 0. The number of halogens is 2. The summed E-state index contributed by atoms with van der Waals surface area (Å²) in [7, 11) is 0. The summed E-state index contributed by atoms with van der Waals surface area (Å²) < 4.78 is 31.3. The first-order chi connectivity index (χ1) is 8.08. The van der Waals surface area contributed by atoms with E-state index in [1.807, 2.05) is 6.92 Å². The average Bonchev–Trinajstić information content (AvgIpc) is 2.26. The third-order valence-electron chi connectivity index (χ3n) is 2.36. The molecule has 0 N–H and O–H groups in total. The fraction of sp³-hybridized carbons (Fsp3) is 0.462. The van der Waals surface area contributed by atoms with Crippen molar-refractivity contribution in [3.05, 3.63) is 35.4 Å². The van der Waals surface area contributed by atoms with Crippen molar-refractivity contribution in [1.82, 2.24) is 0 Å². The first-order valence-electron chi connectivity index (χ1n) is 5.70. The molecule has 1 aromatic rings. The molecule has 0 amide bonds. The molecule has 0 saturated carbocycles. The average molecular weight is 242 g/mol. The lowest BCUT2D eigenvalue weighted by atomic mass is 10.0. The molecule has 1 rings (SSSR count). The minimum Gasteiger partial charge on any atom is -0.370 e. The van der Waals surface area contributed by atoms with Crippen LogP contribution in [0.1, 0.15) is 37.0 Å². The molecule has 0 aliphatic rings. The van der Waals surface area contributed by atoms with E-state index in [0.29, 0.717) is 13.0 Å². The highest BCUT2D eigenvalue weighted by Gasteiger charge is 2.20. The van der Waals surface area contributed by atoms with E-state index in [-0.39, 0.29) is 11.3 Å². The predicted octanol–water partition coefficient (Wildman–Crippen LogP) is 3.35. The van der Waals surface area contributed by atoms with Crippen molar-refractivity contribution in [1.29, 1.82) is 0 Å². The Morgan fingerprint density at radius 1 is 1.24 bits per heavy atom. The Labute approximate surface area is 99.6 Å². The van der Waals surface area contributed by atoms with Crippen molar-refractivity contribution in [3.63, 3.8) is 0 Å². The Balaban J connectivity index is 2.92. The van der Waals surface area contributed by atoms with Crippen molar-refractivity contribution >= 4 is 5.78 Å². The van der Waals surface area contributed by atoms with Gasteiger partial charge in [0, 0.05) is 18.2 Å². The van der Waals surface area contributed by atoms with Crippen LogP contribution in [0.15, 0.2) is 18.2 Å². The number of rotatable bonds is 6. The lowest BCUT2D eigenvalue weighted by Crippen LogP contribution is -2.24. The molecule has 1 atom stereocenters. The molecule has 1 aromatic carbocycles. The van der Waals surface area contributed by atoms with Crippen LogP contribution in [0.2, 0.25) is 0 Å². The lowest BCUT2D eigenvalue weighted by molar-refractivity contribution is 0.0422. The number of carbonyl (C=O) groups is 1. The standard InChI is InChI=1S/C13H16F2O2/c1-3-5-12(17-4-2)13(16)9-6-10(14)8-11(15)7-9/h6-8,12H,3-5H2,1-2H3. The van der Waals surface area contributed by atoms with Crippen LogP contribution in [-0.4, -0.2) is 18.5 Å². The normalized spacial score (nSPS) is 12.5. The first kappa shape index (κ1) is 13.8. The van der Waals surface area contributed by atoms with Gasteiger partial charge >= 0.3 is 0 Å². The van der Waals surface area contributed by atoms with Gasteiger partial charge in [0.1, 0.15) is 17.7 Å². The molecule has 4 heteroatoms. The van der Waals surface area contributed by atoms with E-state index in [2.05, 4.69) is 0 Å². The number of hydrogen-bond donors (Lipinski definition) is 0. The molecule has 0 aliphatic carbocycles. The Hall–Kier alpha value is -1.29. The van der Waals surface area contributed by atoms with E-state index in [1.54, 1.807) is 6.92 Å². The van der Waals surface area contributed by atoms with Crippen LogP contribution in [0, 0.1) is 11.6 Å². The maximum atomic E-state index is 13.0. The summed E-state index contributed by atoms with van der Waals surface area (Å²) >= 11 is 0. The van der Waals surface area contributed by atoms with Gasteiger partial charge in [-0.3, -0.25) is 4.79 Å². The molecule has 94 valence electrons. The van der Waals surface area contributed by atoms with Crippen molar-refractivity contribution in [3.8, 4) is 0 Å². The van der Waals surface area contributed by atoms with E-state index in [0.717, 1.165) is 24.6 Å². The summed E-state index contributed by atoms with van der Waals surface area (Å²) in [6.07, 6.45) is 0.699. The largest absolute Gasteiger partial charge is 0.370 e. The third kappa shape index (κ3) is 3.89. The molecule has 0 aromatic heterocycles. The Kier molecular flexibility index (Phi) is 5.22. The van der Waals surface area contributed by atoms with Gasteiger partial charge in [-0.25, -0.2) is 8.78 Å². The van der Waals surface area contributed by atoms with Gasteiger partial charge in [-0.1, -0.05) is 13.3 Å². The predicted molar refractivity (Wildman–Crippen MR) is 61.0 cm³/mol. The summed E-state index contributed by atoms with van der Waals surface area (Å²) in [6, 6.07) is 2.81. The van der Waals surface area contributed by atoms with Crippen molar-refractivity contribution in [2.24, 2.45) is 0 Å². The third-order valence-corrected chi connectivity index (χ3v) is 2.36. The maximum Gasteiger partial charge on any atom is 0.191 e. The van der Waals surface area contributed by atoms with E-state index in [9.17, 15) is 13.6 Å². The first-order valence-corrected chi connectivity index (χ1v) is 5.70.